The van der Waals surface area contributed by atoms with Crippen LogP contribution in [0.2, 0.25) is 0 Å². The molecule has 10 N–H and O–H groups in total. The standard InChI is InChI=1S/C76H142N2O25P2/c1-7-13-19-25-27-29-31-37-43-49-65(84)96-59(47-41-35-23-17-11-5)53-63(82)77-69-73(100-67(86)51-57(80)45-39-33-21-15-9-3)71(88)62(99-76(69)103-105(92,93)94)56-95-75-70(74(72(61(55-79)98-75)102-104(89,90)91)101-68(87)52-58(81)46-40-34-22-16-10-4)78-64(83)54-60(48-42-36-24-18-12-6)97-66(85)50-44-38-32-30-28-26-20-14-8-2/h57-62,69-76,79-81,88H,7-56H2,1-6H3,(H,77,82)(H,78,83)(H2,89,90,91)(H2,92,93,94)/t57-,58-,59-,60-,61-,62-,69-,70-,71-,72-,73-,74-,75-,76+/m1/s1. The van der Waals surface area contributed by atoms with E-state index in [1.807, 2.05) is 13.8 Å². The number of hydrogen-bond acceptors (Lipinski definition) is 21. The van der Waals surface area contributed by atoms with Gasteiger partial charge in [0.15, 0.2) is 24.8 Å². The lowest BCUT2D eigenvalue weighted by Crippen LogP contribution is -2.68. The zero-order chi connectivity index (χ0) is 77.7. The van der Waals surface area contributed by atoms with Crippen molar-refractivity contribution in [1.29, 1.82) is 0 Å². The third-order valence-corrected chi connectivity index (χ3v) is 20.4. The Morgan fingerprint density at radius 1 is 0.390 bits per heavy atom. The number of hydrogen-bond donors (Lipinski definition) is 10. The van der Waals surface area contributed by atoms with Gasteiger partial charge in [-0.25, -0.2) is 9.13 Å². The van der Waals surface area contributed by atoms with E-state index in [2.05, 4.69) is 38.3 Å². The Morgan fingerprint density at radius 3 is 1.08 bits per heavy atom. The van der Waals surface area contributed by atoms with Gasteiger partial charge in [-0.3, -0.25) is 37.8 Å². The molecule has 0 aromatic rings. The molecule has 0 radical (unpaired) electrons. The van der Waals surface area contributed by atoms with Crippen LogP contribution >= 0.6 is 15.6 Å². The first kappa shape index (κ1) is 97.8. The van der Waals surface area contributed by atoms with Gasteiger partial charge in [0.1, 0.15) is 48.7 Å². The number of esters is 4. The first-order valence-electron chi connectivity index (χ1n) is 40.7. The zero-order valence-corrected chi connectivity index (χ0v) is 66.6. The van der Waals surface area contributed by atoms with E-state index in [1.54, 1.807) is 0 Å². The summed E-state index contributed by atoms with van der Waals surface area (Å²) in [6.07, 6.45) is 12.5. The summed E-state index contributed by atoms with van der Waals surface area (Å²) in [5.74, 6) is -5.09. The molecular formula is C76H142N2O25P2. The Hall–Kier alpha value is -3.24. The molecule has 29 heteroatoms. The third-order valence-electron chi connectivity index (χ3n) is 19.4. The molecule has 0 bridgehead atoms. The van der Waals surface area contributed by atoms with E-state index in [0.29, 0.717) is 38.5 Å². The fourth-order valence-corrected chi connectivity index (χ4v) is 14.4. The van der Waals surface area contributed by atoms with Crippen LogP contribution in [-0.2, 0) is 80.1 Å². The molecule has 27 nitrogen and oxygen atoms in total. The Bertz CT molecular complexity index is 2390. The van der Waals surface area contributed by atoms with Crippen LogP contribution in [0.25, 0.3) is 0 Å². The van der Waals surface area contributed by atoms with E-state index in [0.717, 1.165) is 180 Å². The van der Waals surface area contributed by atoms with Crippen molar-refractivity contribution in [2.24, 2.45) is 0 Å². The molecule has 2 aliphatic heterocycles. The van der Waals surface area contributed by atoms with Crippen LogP contribution < -0.4 is 10.6 Å². The average Bonchev–Trinajstić information content (AvgIpc) is 0.783. The average molecular weight is 1550 g/mol. The molecular weight excluding hydrogens is 1400 g/mol. The van der Waals surface area contributed by atoms with Crippen LogP contribution in [0.1, 0.15) is 350 Å². The van der Waals surface area contributed by atoms with Gasteiger partial charge in [0.05, 0.1) is 51.1 Å². The number of unbranched alkanes of at least 4 members (excludes halogenated alkanes) is 32. The van der Waals surface area contributed by atoms with E-state index in [4.69, 9.17) is 42.2 Å². The van der Waals surface area contributed by atoms with E-state index >= 15 is 0 Å². The van der Waals surface area contributed by atoms with Gasteiger partial charge in [0.2, 0.25) is 11.8 Å². The van der Waals surface area contributed by atoms with Gasteiger partial charge in [-0.1, -0.05) is 260 Å². The minimum atomic E-state index is -5.68. The van der Waals surface area contributed by atoms with Crippen LogP contribution in [0.15, 0.2) is 0 Å². The van der Waals surface area contributed by atoms with Crippen molar-refractivity contribution in [3.63, 3.8) is 0 Å². The van der Waals surface area contributed by atoms with Crippen molar-refractivity contribution in [3.05, 3.63) is 0 Å². The molecule has 0 unspecified atom stereocenters. The van der Waals surface area contributed by atoms with Crippen LogP contribution in [0.5, 0.6) is 0 Å². The van der Waals surface area contributed by atoms with Gasteiger partial charge >= 0.3 is 39.5 Å². The summed E-state index contributed by atoms with van der Waals surface area (Å²) in [6.45, 7) is 10.4. The summed E-state index contributed by atoms with van der Waals surface area (Å²) in [5, 5.41) is 50.8. The Morgan fingerprint density at radius 2 is 0.714 bits per heavy atom. The van der Waals surface area contributed by atoms with Crippen LogP contribution in [0.3, 0.4) is 0 Å². The second kappa shape index (κ2) is 59.6. The van der Waals surface area contributed by atoms with Crippen molar-refractivity contribution in [2.75, 3.05) is 13.2 Å². The first-order valence-corrected chi connectivity index (χ1v) is 43.8. The summed E-state index contributed by atoms with van der Waals surface area (Å²) in [6, 6.07) is -3.85. The predicted octanol–water partition coefficient (Wildman–Crippen LogP) is 13.6. The number of amides is 2. The molecule has 0 aromatic heterocycles. The number of aliphatic hydroxyl groups excluding tert-OH is 4. The van der Waals surface area contributed by atoms with Gasteiger partial charge in [0.25, 0.3) is 0 Å². The number of carbonyl (C=O) groups is 6. The Labute approximate surface area is 628 Å². The molecule has 616 valence electrons. The van der Waals surface area contributed by atoms with Gasteiger partial charge < -0.3 is 83.8 Å². The van der Waals surface area contributed by atoms with Gasteiger partial charge in [-0.05, 0) is 51.4 Å². The monoisotopic (exact) mass is 1540 g/mol. The number of aliphatic hydroxyl groups is 4. The highest BCUT2D eigenvalue weighted by molar-refractivity contribution is 7.46. The molecule has 2 fully saturated rings. The number of phosphoric ester groups is 2. The summed E-state index contributed by atoms with van der Waals surface area (Å²) in [5.41, 5.74) is 0. The lowest BCUT2D eigenvalue weighted by Gasteiger charge is -2.47. The van der Waals surface area contributed by atoms with Crippen molar-refractivity contribution in [2.45, 2.75) is 435 Å². The third kappa shape index (κ3) is 47.6. The normalized spacial score (nSPS) is 21.8. The molecule has 2 aliphatic rings. The number of ether oxygens (including phenoxy) is 7. The Kier molecular flexibility index (Phi) is 55.5. The minimum absolute atomic E-state index is 0.0859. The molecule has 2 heterocycles. The van der Waals surface area contributed by atoms with E-state index < -0.39 is 176 Å². The fraction of sp³-hybridized carbons (Fsp3) is 0.921. The molecule has 2 rings (SSSR count). The van der Waals surface area contributed by atoms with E-state index in [1.165, 1.54) is 25.7 Å². The van der Waals surface area contributed by atoms with E-state index in [9.17, 15) is 77.9 Å². The predicted molar refractivity (Wildman–Crippen MR) is 397 cm³/mol. The van der Waals surface area contributed by atoms with Crippen LogP contribution in [0.4, 0.5) is 0 Å². The molecule has 0 saturated carbocycles. The second-order valence-electron chi connectivity index (χ2n) is 29.2. The van der Waals surface area contributed by atoms with Gasteiger partial charge in [-0.2, -0.15) is 0 Å². The largest absolute Gasteiger partial charge is 0.472 e. The quantitative estimate of drug-likeness (QED) is 0.0117. The number of carbonyl (C=O) groups excluding carboxylic acids is 6. The van der Waals surface area contributed by atoms with E-state index in [-0.39, 0.29) is 38.5 Å². The SMILES string of the molecule is CCCCCCCCCCCC(=O)O[C@H](CCCCCCC)CC(=O)N[C@H]1[C@H](OC[C@H]2O[C@@H](OP(=O)(O)O)[C@H](NC(=O)C[C@@H](CCCCCCC)OC(=O)CCCCCCCCCCC)[C@@H](OC(=O)C[C@H](O)CCCCCCC)[C@@H]2O)O[C@H](CO)[C@@H](OP(=O)(O)O)[C@@H]1OC(=O)C[C@H](O)CCCCCCC. The molecule has 2 saturated heterocycles. The summed E-state index contributed by atoms with van der Waals surface area (Å²) >= 11 is 0. The Balaban J connectivity index is 2.76. The van der Waals surface area contributed by atoms with Crippen LogP contribution in [-0.4, -0.2) is 175 Å². The number of rotatable bonds is 66. The van der Waals surface area contributed by atoms with Crippen LogP contribution in [0, 0.1) is 0 Å². The van der Waals surface area contributed by atoms with Gasteiger partial charge in [0, 0.05) is 12.8 Å². The zero-order valence-electron chi connectivity index (χ0n) is 64.9. The van der Waals surface area contributed by atoms with Crippen molar-refractivity contribution in [1.82, 2.24) is 10.6 Å². The van der Waals surface area contributed by atoms with Crippen molar-refractivity contribution < 1.29 is 120 Å². The summed E-state index contributed by atoms with van der Waals surface area (Å²) in [4.78, 5) is 126. The topological polar surface area (TPSA) is 406 Å². The maximum atomic E-state index is 14.7. The fourth-order valence-electron chi connectivity index (χ4n) is 13.4. The molecule has 0 aliphatic carbocycles. The van der Waals surface area contributed by atoms with Gasteiger partial charge in [-0.15, -0.1) is 0 Å². The smallest absolute Gasteiger partial charge is 0.462 e. The summed E-state index contributed by atoms with van der Waals surface area (Å²) in [7, 11) is -11.3. The molecule has 14 atom stereocenters. The maximum Gasteiger partial charge on any atom is 0.472 e. The number of phosphoric acid groups is 2. The number of nitrogens with one attached hydrogen (secondary N) is 2. The molecule has 2 amide bonds. The molecule has 0 aromatic carbocycles. The highest BCUT2D eigenvalue weighted by atomic mass is 31.2. The van der Waals surface area contributed by atoms with Crippen molar-refractivity contribution in [3.8, 4) is 0 Å². The lowest BCUT2D eigenvalue weighted by atomic mass is 9.95. The maximum absolute atomic E-state index is 14.7. The molecule has 105 heavy (non-hydrogen) atoms. The first-order chi connectivity index (χ1) is 50.3. The van der Waals surface area contributed by atoms with Crippen molar-refractivity contribution >= 4 is 51.3 Å². The highest BCUT2D eigenvalue weighted by Crippen LogP contribution is 2.44. The lowest BCUT2D eigenvalue weighted by molar-refractivity contribution is -0.296. The molecule has 0 spiro atoms. The summed E-state index contributed by atoms with van der Waals surface area (Å²) < 4.78 is 78.4. The highest BCUT2D eigenvalue weighted by Gasteiger charge is 2.55. The minimum Gasteiger partial charge on any atom is -0.462 e. The second-order valence-corrected chi connectivity index (χ2v) is 31.5.